The number of carbonyl (C=O) groups excluding carboxylic acids is 1. The van der Waals surface area contributed by atoms with E-state index in [-0.39, 0.29) is 28.9 Å². The van der Waals surface area contributed by atoms with E-state index in [1.54, 1.807) is 4.57 Å². The first-order valence-corrected chi connectivity index (χ1v) is 10.00. The van der Waals surface area contributed by atoms with Gasteiger partial charge in [0.15, 0.2) is 11.6 Å². The van der Waals surface area contributed by atoms with Crippen molar-refractivity contribution in [2.45, 2.75) is 31.3 Å². The van der Waals surface area contributed by atoms with E-state index in [0.29, 0.717) is 18.7 Å². The molecule has 3 aliphatic rings. The average Bonchev–Trinajstić information content (AvgIpc) is 3.45. The lowest BCUT2D eigenvalue weighted by molar-refractivity contribution is -0.465. The lowest BCUT2D eigenvalue weighted by atomic mass is 10.1. The summed E-state index contributed by atoms with van der Waals surface area (Å²) in [6, 6.07) is 1.33. The summed E-state index contributed by atoms with van der Waals surface area (Å²) in [7, 11) is 0. The van der Waals surface area contributed by atoms with Gasteiger partial charge in [-0.3, -0.25) is 19.7 Å². The maximum absolute atomic E-state index is 15.0. The fourth-order valence-corrected chi connectivity index (χ4v) is 4.30. The van der Waals surface area contributed by atoms with Crippen molar-refractivity contribution in [3.8, 4) is 0 Å². The summed E-state index contributed by atoms with van der Waals surface area (Å²) in [5.74, 6) is -1.34. The molecule has 10 heteroatoms. The number of nitrogens with zero attached hydrogens (tertiary/aromatic N) is 4. The van der Waals surface area contributed by atoms with Crippen molar-refractivity contribution >= 4 is 22.6 Å². The first-order valence-electron chi connectivity index (χ1n) is 10.00. The Bertz CT molecular complexity index is 1170. The van der Waals surface area contributed by atoms with Gasteiger partial charge in [0.1, 0.15) is 5.65 Å². The molecule has 0 aromatic carbocycles. The van der Waals surface area contributed by atoms with Gasteiger partial charge >= 0.3 is 0 Å². The maximum atomic E-state index is 15.0. The number of anilines is 1. The van der Waals surface area contributed by atoms with E-state index in [4.69, 9.17) is 0 Å². The zero-order chi connectivity index (χ0) is 21.0. The predicted molar refractivity (Wildman–Crippen MR) is 107 cm³/mol. The summed E-state index contributed by atoms with van der Waals surface area (Å²) in [6.07, 6.45) is 6.16. The number of nitro groups is 1. The van der Waals surface area contributed by atoms with Crippen molar-refractivity contribution in [2.75, 3.05) is 31.1 Å². The van der Waals surface area contributed by atoms with Crippen LogP contribution >= 0.6 is 0 Å². The Hall–Kier alpha value is -3.14. The molecule has 156 valence electrons. The molecular formula is C20H20FN5O4. The first kappa shape index (κ1) is 18.9. The Labute approximate surface area is 170 Å². The van der Waals surface area contributed by atoms with Gasteiger partial charge in [-0.1, -0.05) is 6.08 Å². The van der Waals surface area contributed by atoms with Gasteiger partial charge in [-0.2, -0.15) is 0 Å². The molecule has 5 rings (SSSR count). The number of pyridine rings is 2. The van der Waals surface area contributed by atoms with Gasteiger partial charge in [0, 0.05) is 36.3 Å². The number of carbonyl (C=O) groups is 1. The molecule has 2 aliphatic heterocycles. The lowest BCUT2D eigenvalue weighted by Crippen LogP contribution is -2.36. The Kier molecular flexibility index (Phi) is 4.39. The first-order chi connectivity index (χ1) is 14.4. The Morgan fingerprint density at radius 1 is 1.40 bits per heavy atom. The summed E-state index contributed by atoms with van der Waals surface area (Å²) < 4.78 is 16.7. The molecule has 2 aromatic rings. The van der Waals surface area contributed by atoms with Gasteiger partial charge < -0.3 is 14.8 Å². The average molecular weight is 413 g/mol. The van der Waals surface area contributed by atoms with Crippen LogP contribution in [0.15, 0.2) is 28.7 Å². The monoisotopic (exact) mass is 413 g/mol. The van der Waals surface area contributed by atoms with E-state index in [1.807, 2.05) is 4.90 Å². The van der Waals surface area contributed by atoms with Crippen LogP contribution in [0, 0.1) is 15.9 Å². The van der Waals surface area contributed by atoms with Gasteiger partial charge in [0.2, 0.25) is 11.2 Å². The third-order valence-electron chi connectivity index (χ3n) is 5.92. The van der Waals surface area contributed by atoms with E-state index in [9.17, 15) is 19.7 Å². The molecule has 2 aromatic heterocycles. The largest absolute Gasteiger partial charge is 0.348 e. The van der Waals surface area contributed by atoms with E-state index in [1.165, 1.54) is 11.8 Å². The zero-order valence-electron chi connectivity index (χ0n) is 16.1. The van der Waals surface area contributed by atoms with Crippen molar-refractivity contribution in [1.82, 2.24) is 14.9 Å². The predicted octanol–water partition coefficient (Wildman–Crippen LogP) is 1.44. The molecule has 1 saturated heterocycles. The molecular weight excluding hydrogens is 393 g/mol. The molecule has 1 N–H and O–H groups in total. The minimum absolute atomic E-state index is 0.0219. The Balaban J connectivity index is 1.62. The van der Waals surface area contributed by atoms with Crippen molar-refractivity contribution in [3.05, 3.63) is 55.6 Å². The molecule has 1 saturated carbocycles. The van der Waals surface area contributed by atoms with Crippen molar-refractivity contribution in [3.63, 3.8) is 0 Å². The second-order valence-electron chi connectivity index (χ2n) is 8.04. The number of ketones is 1. The highest BCUT2D eigenvalue weighted by Gasteiger charge is 2.33. The standard InChI is InChI=1S/C20H20FN5O4/c21-15-6-13-18(28)14(17(27)10-26(29)30)8-25(12-3-4-12)19(13)23-20(15)24-7-11-2-1-5-22-16(11)9-24/h2,6,8,12,16,22H,1,3-5,7,9-10H2. The SMILES string of the molecule is O=C(C[N+](=O)[O-])c1cn(C2CC2)c2nc(N3CC4=CCCNC4C3)c(F)cc2c1=O. The number of halogens is 1. The molecule has 0 amide bonds. The number of hydrogen-bond acceptors (Lipinski definition) is 7. The Morgan fingerprint density at radius 2 is 2.20 bits per heavy atom. The van der Waals surface area contributed by atoms with Gasteiger partial charge in [-0.05, 0) is 37.4 Å². The molecule has 1 aliphatic carbocycles. The fraction of sp³-hybridized carbons (Fsp3) is 0.450. The highest BCUT2D eigenvalue weighted by molar-refractivity contribution is 5.99. The lowest BCUT2D eigenvalue weighted by Gasteiger charge is -2.20. The summed E-state index contributed by atoms with van der Waals surface area (Å²) >= 11 is 0. The minimum Gasteiger partial charge on any atom is -0.348 e. The number of hydrogen-bond donors (Lipinski definition) is 1. The van der Waals surface area contributed by atoms with Crippen molar-refractivity contribution in [1.29, 1.82) is 0 Å². The highest BCUT2D eigenvalue weighted by atomic mass is 19.1. The smallest absolute Gasteiger partial charge is 0.266 e. The number of nitrogens with one attached hydrogen (secondary N) is 1. The molecule has 0 spiro atoms. The molecule has 9 nitrogen and oxygen atoms in total. The van der Waals surface area contributed by atoms with E-state index in [2.05, 4.69) is 16.4 Å². The number of Topliss-reactive ketones (excluding diaryl/α,β-unsaturated/α-hetero) is 1. The summed E-state index contributed by atoms with van der Waals surface area (Å²) in [6.45, 7) is 1.07. The molecule has 2 fully saturated rings. The fourth-order valence-electron chi connectivity index (χ4n) is 4.30. The van der Waals surface area contributed by atoms with E-state index < -0.39 is 28.5 Å². The van der Waals surface area contributed by atoms with Crippen LogP contribution in [0.2, 0.25) is 0 Å². The van der Waals surface area contributed by atoms with Gasteiger partial charge in [-0.15, -0.1) is 0 Å². The Morgan fingerprint density at radius 3 is 2.90 bits per heavy atom. The summed E-state index contributed by atoms with van der Waals surface area (Å²) in [5, 5.41) is 14.1. The third kappa shape index (κ3) is 3.17. The minimum atomic E-state index is -0.976. The van der Waals surface area contributed by atoms with Crippen LogP contribution in [0.3, 0.4) is 0 Å². The van der Waals surface area contributed by atoms with Crippen LogP contribution in [-0.2, 0) is 0 Å². The third-order valence-corrected chi connectivity index (χ3v) is 5.92. The molecule has 1 unspecified atom stereocenters. The van der Waals surface area contributed by atoms with Crippen LogP contribution in [0.25, 0.3) is 11.0 Å². The van der Waals surface area contributed by atoms with Crippen LogP contribution < -0.4 is 15.6 Å². The van der Waals surface area contributed by atoms with E-state index >= 15 is 4.39 Å². The highest BCUT2D eigenvalue weighted by Crippen LogP contribution is 2.37. The second-order valence-corrected chi connectivity index (χ2v) is 8.04. The summed E-state index contributed by atoms with van der Waals surface area (Å²) in [5.41, 5.74) is 0.518. The van der Waals surface area contributed by atoms with Crippen LogP contribution in [0.5, 0.6) is 0 Å². The topological polar surface area (TPSA) is 110 Å². The van der Waals surface area contributed by atoms with Gasteiger partial charge in [0.05, 0.1) is 10.9 Å². The molecule has 4 heterocycles. The van der Waals surface area contributed by atoms with Crippen LogP contribution in [0.1, 0.15) is 35.7 Å². The van der Waals surface area contributed by atoms with E-state index in [0.717, 1.165) is 31.9 Å². The zero-order valence-corrected chi connectivity index (χ0v) is 16.1. The second kappa shape index (κ2) is 6.98. The van der Waals surface area contributed by atoms with Crippen molar-refractivity contribution < 1.29 is 14.1 Å². The molecule has 1 atom stereocenters. The van der Waals surface area contributed by atoms with Crippen molar-refractivity contribution in [2.24, 2.45) is 0 Å². The van der Waals surface area contributed by atoms with Crippen LogP contribution in [-0.4, -0.2) is 52.5 Å². The number of aromatic nitrogens is 2. The summed E-state index contributed by atoms with van der Waals surface area (Å²) in [4.78, 5) is 41.4. The molecule has 30 heavy (non-hydrogen) atoms. The van der Waals surface area contributed by atoms with Gasteiger partial charge in [-0.25, -0.2) is 9.37 Å². The molecule has 0 radical (unpaired) electrons. The maximum Gasteiger partial charge on any atom is 0.266 e. The number of fused-ring (bicyclic) bond motifs is 2. The van der Waals surface area contributed by atoms with Crippen LogP contribution in [0.4, 0.5) is 10.2 Å². The molecule has 0 bridgehead atoms. The normalized spacial score (nSPS) is 20.9. The quantitative estimate of drug-likeness (QED) is 0.342. The number of rotatable bonds is 5. The van der Waals surface area contributed by atoms with Gasteiger partial charge in [0.25, 0.3) is 6.54 Å².